The molecule has 0 aliphatic carbocycles. The van der Waals surface area contributed by atoms with Crippen LogP contribution in [0.1, 0.15) is 29.3 Å². The fourth-order valence-corrected chi connectivity index (χ4v) is 2.31. The normalized spacial score (nSPS) is 19.6. The molecule has 1 amide bonds. The fourth-order valence-electron chi connectivity index (χ4n) is 2.31. The molecule has 0 radical (unpaired) electrons. The van der Waals surface area contributed by atoms with Gasteiger partial charge in [0.15, 0.2) is 0 Å². The summed E-state index contributed by atoms with van der Waals surface area (Å²) in [5.41, 5.74) is 1.20. The van der Waals surface area contributed by atoms with E-state index in [0.29, 0.717) is 23.7 Å². The average Bonchev–Trinajstić information content (AvgIpc) is 2.99. The Morgan fingerprint density at radius 3 is 2.95 bits per heavy atom. The third-order valence-corrected chi connectivity index (χ3v) is 3.60. The van der Waals surface area contributed by atoms with Crippen LogP contribution in [0.25, 0.3) is 6.08 Å². The van der Waals surface area contributed by atoms with Crippen molar-refractivity contribution in [1.82, 2.24) is 5.32 Å². The van der Waals surface area contributed by atoms with Crippen molar-refractivity contribution < 1.29 is 19.4 Å². The Labute approximate surface area is 123 Å². The first kappa shape index (κ1) is 15.3. The molecule has 112 valence electrons. The molecular weight excluding hydrogens is 270 g/mol. The van der Waals surface area contributed by atoms with Crippen molar-refractivity contribution in [3.8, 4) is 0 Å². The number of amides is 1. The second kappa shape index (κ2) is 7.04. The van der Waals surface area contributed by atoms with Crippen LogP contribution in [0.5, 0.6) is 0 Å². The van der Waals surface area contributed by atoms with Crippen LogP contribution in [-0.4, -0.2) is 36.2 Å². The van der Waals surface area contributed by atoms with Gasteiger partial charge in [-0.15, -0.1) is 0 Å². The second-order valence-corrected chi connectivity index (χ2v) is 5.18. The van der Waals surface area contributed by atoms with Gasteiger partial charge in [0.1, 0.15) is 0 Å². The minimum atomic E-state index is -1.01. The van der Waals surface area contributed by atoms with Gasteiger partial charge in [0.05, 0.1) is 6.61 Å². The average molecular weight is 289 g/mol. The molecule has 2 atom stereocenters. The summed E-state index contributed by atoms with van der Waals surface area (Å²) >= 11 is 0. The topological polar surface area (TPSA) is 75.6 Å². The van der Waals surface area contributed by atoms with Crippen molar-refractivity contribution in [3.05, 3.63) is 41.5 Å². The number of aliphatic carboxylic acids is 1. The molecule has 1 saturated heterocycles. The van der Waals surface area contributed by atoms with Crippen LogP contribution in [0.3, 0.4) is 0 Å². The highest BCUT2D eigenvalue weighted by atomic mass is 16.5. The third kappa shape index (κ3) is 4.43. The van der Waals surface area contributed by atoms with E-state index in [-0.39, 0.29) is 11.9 Å². The lowest BCUT2D eigenvalue weighted by Crippen LogP contribution is -2.38. The minimum Gasteiger partial charge on any atom is -0.478 e. The first-order chi connectivity index (χ1) is 10.1. The molecule has 1 aliphatic rings. The lowest BCUT2D eigenvalue weighted by atomic mass is 10.00. The number of rotatable bonds is 5. The van der Waals surface area contributed by atoms with Crippen LogP contribution in [0.15, 0.2) is 30.3 Å². The zero-order valence-corrected chi connectivity index (χ0v) is 11.9. The van der Waals surface area contributed by atoms with E-state index in [1.807, 2.05) is 6.92 Å². The molecule has 0 aromatic heterocycles. The fraction of sp³-hybridized carbons (Fsp3) is 0.375. The molecule has 5 nitrogen and oxygen atoms in total. The molecule has 21 heavy (non-hydrogen) atoms. The molecule has 1 aromatic carbocycles. The SMILES string of the molecule is CC(NC(=O)c1cccc(/C=C/C(=O)O)c1)C1CCOC1. The quantitative estimate of drug-likeness (QED) is 0.812. The maximum atomic E-state index is 12.2. The Morgan fingerprint density at radius 1 is 1.48 bits per heavy atom. The smallest absolute Gasteiger partial charge is 0.328 e. The van der Waals surface area contributed by atoms with Crippen LogP contribution < -0.4 is 5.32 Å². The van der Waals surface area contributed by atoms with Gasteiger partial charge in [-0.05, 0) is 37.1 Å². The van der Waals surface area contributed by atoms with Crippen molar-refractivity contribution in [3.63, 3.8) is 0 Å². The number of benzene rings is 1. The van der Waals surface area contributed by atoms with Gasteiger partial charge in [0.25, 0.3) is 5.91 Å². The van der Waals surface area contributed by atoms with Gasteiger partial charge >= 0.3 is 5.97 Å². The van der Waals surface area contributed by atoms with E-state index in [1.54, 1.807) is 24.3 Å². The molecular formula is C16H19NO4. The summed E-state index contributed by atoms with van der Waals surface area (Å²) in [7, 11) is 0. The number of carboxylic acid groups (broad SMARTS) is 1. The first-order valence-electron chi connectivity index (χ1n) is 6.96. The maximum absolute atomic E-state index is 12.2. The number of carbonyl (C=O) groups is 2. The zero-order valence-electron chi connectivity index (χ0n) is 11.9. The van der Waals surface area contributed by atoms with E-state index in [4.69, 9.17) is 9.84 Å². The molecule has 0 spiro atoms. The molecule has 0 bridgehead atoms. The Kier molecular flexibility index (Phi) is 5.11. The van der Waals surface area contributed by atoms with Crippen LogP contribution in [0.4, 0.5) is 0 Å². The van der Waals surface area contributed by atoms with Crippen LogP contribution >= 0.6 is 0 Å². The van der Waals surface area contributed by atoms with E-state index in [1.165, 1.54) is 6.08 Å². The summed E-state index contributed by atoms with van der Waals surface area (Å²) in [6.07, 6.45) is 3.48. The van der Waals surface area contributed by atoms with E-state index >= 15 is 0 Å². The highest BCUT2D eigenvalue weighted by molar-refractivity contribution is 5.95. The van der Waals surface area contributed by atoms with E-state index < -0.39 is 5.97 Å². The summed E-state index contributed by atoms with van der Waals surface area (Å²) in [5.74, 6) is -0.816. The lowest BCUT2D eigenvalue weighted by molar-refractivity contribution is -0.131. The molecule has 5 heteroatoms. The molecule has 1 aromatic rings. The molecule has 1 aliphatic heterocycles. The number of nitrogens with one attached hydrogen (secondary N) is 1. The van der Waals surface area contributed by atoms with Crippen LogP contribution in [0, 0.1) is 5.92 Å². The summed E-state index contributed by atoms with van der Waals surface area (Å²) in [5, 5.41) is 11.6. The van der Waals surface area contributed by atoms with E-state index in [2.05, 4.69) is 5.32 Å². The highest BCUT2D eigenvalue weighted by Gasteiger charge is 2.23. The molecule has 2 rings (SSSR count). The van der Waals surface area contributed by atoms with Crippen LogP contribution in [-0.2, 0) is 9.53 Å². The summed E-state index contributed by atoms with van der Waals surface area (Å²) in [6.45, 7) is 3.41. The number of carboxylic acids is 1. The van der Waals surface area contributed by atoms with Crippen molar-refractivity contribution in [2.24, 2.45) is 5.92 Å². The predicted molar refractivity (Wildman–Crippen MR) is 79.0 cm³/mol. The largest absolute Gasteiger partial charge is 0.478 e. The van der Waals surface area contributed by atoms with Crippen molar-refractivity contribution in [2.45, 2.75) is 19.4 Å². The van der Waals surface area contributed by atoms with E-state index in [0.717, 1.165) is 19.1 Å². The Hall–Kier alpha value is -2.14. The van der Waals surface area contributed by atoms with Gasteiger partial charge in [-0.1, -0.05) is 12.1 Å². The van der Waals surface area contributed by atoms with Gasteiger partial charge in [-0.2, -0.15) is 0 Å². The third-order valence-electron chi connectivity index (χ3n) is 3.60. The molecule has 1 heterocycles. The van der Waals surface area contributed by atoms with Crippen LogP contribution in [0.2, 0.25) is 0 Å². The number of ether oxygens (including phenoxy) is 1. The summed E-state index contributed by atoms with van der Waals surface area (Å²) < 4.78 is 5.32. The standard InChI is InChI=1S/C16H19NO4/c1-11(14-7-8-21-10-14)17-16(20)13-4-2-3-12(9-13)5-6-15(18)19/h2-6,9,11,14H,7-8,10H2,1H3,(H,17,20)(H,18,19)/b6-5+. The Bertz CT molecular complexity index is 547. The Balaban J connectivity index is 2.01. The summed E-state index contributed by atoms with van der Waals surface area (Å²) in [4.78, 5) is 22.7. The molecule has 1 fully saturated rings. The highest BCUT2D eigenvalue weighted by Crippen LogP contribution is 2.17. The Morgan fingerprint density at radius 2 is 2.29 bits per heavy atom. The van der Waals surface area contributed by atoms with Gasteiger partial charge in [0, 0.05) is 30.2 Å². The summed E-state index contributed by atoms with van der Waals surface area (Å²) in [6, 6.07) is 6.93. The van der Waals surface area contributed by atoms with E-state index in [9.17, 15) is 9.59 Å². The van der Waals surface area contributed by atoms with Gasteiger partial charge in [0.2, 0.25) is 0 Å². The van der Waals surface area contributed by atoms with Gasteiger partial charge in [-0.3, -0.25) is 4.79 Å². The maximum Gasteiger partial charge on any atom is 0.328 e. The lowest BCUT2D eigenvalue weighted by Gasteiger charge is -2.19. The predicted octanol–water partition coefficient (Wildman–Crippen LogP) is 1.94. The molecule has 0 saturated carbocycles. The van der Waals surface area contributed by atoms with Gasteiger partial charge in [-0.25, -0.2) is 4.79 Å². The molecule has 2 unspecified atom stereocenters. The number of hydrogen-bond donors (Lipinski definition) is 2. The minimum absolute atomic E-state index is 0.0539. The number of carbonyl (C=O) groups excluding carboxylic acids is 1. The van der Waals surface area contributed by atoms with Crippen molar-refractivity contribution in [2.75, 3.05) is 13.2 Å². The second-order valence-electron chi connectivity index (χ2n) is 5.18. The van der Waals surface area contributed by atoms with Gasteiger partial charge < -0.3 is 15.2 Å². The zero-order chi connectivity index (χ0) is 15.2. The molecule has 2 N–H and O–H groups in total. The van der Waals surface area contributed by atoms with Crippen molar-refractivity contribution in [1.29, 1.82) is 0 Å². The monoisotopic (exact) mass is 289 g/mol. The van der Waals surface area contributed by atoms with Crippen molar-refractivity contribution >= 4 is 18.0 Å². The number of hydrogen-bond acceptors (Lipinski definition) is 3. The first-order valence-corrected chi connectivity index (χ1v) is 6.96.